The molecule has 0 amide bonds. The third-order valence-electron chi connectivity index (χ3n) is 1.70. The molecule has 0 aliphatic rings. The molecule has 1 aromatic heterocycles. The average Bonchev–Trinajstić information content (AvgIpc) is 2.16. The summed E-state index contributed by atoms with van der Waals surface area (Å²) >= 11 is 5.75. The highest BCUT2D eigenvalue weighted by Crippen LogP contribution is 2.31. The number of rotatable bonds is 3. The largest absolute Gasteiger partial charge is 0.479 e. The van der Waals surface area contributed by atoms with Gasteiger partial charge in [-0.3, -0.25) is 0 Å². The van der Waals surface area contributed by atoms with E-state index in [1.807, 2.05) is 19.0 Å². The van der Waals surface area contributed by atoms with E-state index in [1.54, 1.807) is 14.2 Å². The van der Waals surface area contributed by atoms with Crippen molar-refractivity contribution in [3.63, 3.8) is 0 Å². The van der Waals surface area contributed by atoms with Crippen molar-refractivity contribution in [2.24, 2.45) is 0 Å². The van der Waals surface area contributed by atoms with Crippen LogP contribution in [0.25, 0.3) is 0 Å². The Morgan fingerprint density at radius 2 is 2.00 bits per heavy atom. The van der Waals surface area contributed by atoms with E-state index in [-0.39, 0.29) is 5.28 Å². The van der Waals surface area contributed by atoms with Crippen molar-refractivity contribution in [1.29, 1.82) is 0 Å². The summed E-state index contributed by atoms with van der Waals surface area (Å²) in [6, 6.07) is 0. The van der Waals surface area contributed by atoms with Gasteiger partial charge in [0.25, 0.3) is 0 Å². The van der Waals surface area contributed by atoms with E-state index in [0.717, 1.165) is 5.69 Å². The standard InChI is InChI=1S/C8H13ClN4O/c1-10-5-6(13(2)3)11-8(9)12-7(5)14-4/h10H,1-4H3. The van der Waals surface area contributed by atoms with Crippen molar-refractivity contribution in [3.8, 4) is 5.88 Å². The molecule has 1 rings (SSSR count). The SMILES string of the molecule is CNc1c(OC)nc(Cl)nc1N(C)C. The molecule has 0 spiro atoms. The third kappa shape index (κ3) is 1.98. The lowest BCUT2D eigenvalue weighted by atomic mass is 10.4. The topological polar surface area (TPSA) is 50.3 Å². The number of aromatic nitrogens is 2. The minimum atomic E-state index is 0.171. The highest BCUT2D eigenvalue weighted by Gasteiger charge is 2.14. The van der Waals surface area contributed by atoms with Crippen molar-refractivity contribution in [3.05, 3.63) is 5.28 Å². The van der Waals surface area contributed by atoms with E-state index in [2.05, 4.69) is 15.3 Å². The first-order valence-electron chi connectivity index (χ1n) is 4.06. The van der Waals surface area contributed by atoms with Crippen molar-refractivity contribution >= 4 is 23.1 Å². The summed E-state index contributed by atoms with van der Waals surface area (Å²) in [6.07, 6.45) is 0. The molecule has 6 heteroatoms. The molecule has 1 heterocycles. The fourth-order valence-electron chi connectivity index (χ4n) is 1.09. The first-order valence-corrected chi connectivity index (χ1v) is 4.44. The molecule has 0 fully saturated rings. The molecule has 0 aromatic carbocycles. The van der Waals surface area contributed by atoms with Gasteiger partial charge in [-0.1, -0.05) is 0 Å². The highest BCUT2D eigenvalue weighted by atomic mass is 35.5. The number of methoxy groups -OCH3 is 1. The van der Waals surface area contributed by atoms with Crippen molar-refractivity contribution in [1.82, 2.24) is 9.97 Å². The van der Waals surface area contributed by atoms with Gasteiger partial charge in [0, 0.05) is 21.1 Å². The molecule has 0 bridgehead atoms. The van der Waals surface area contributed by atoms with Crippen LogP contribution in [-0.4, -0.2) is 38.2 Å². The van der Waals surface area contributed by atoms with Crippen LogP contribution in [0.15, 0.2) is 0 Å². The van der Waals surface area contributed by atoms with E-state index in [1.165, 1.54) is 0 Å². The van der Waals surface area contributed by atoms with Crippen LogP contribution in [0, 0.1) is 0 Å². The van der Waals surface area contributed by atoms with Gasteiger partial charge in [0.1, 0.15) is 5.69 Å². The summed E-state index contributed by atoms with van der Waals surface area (Å²) in [5.41, 5.74) is 0.724. The predicted molar refractivity (Wildman–Crippen MR) is 57.5 cm³/mol. The minimum Gasteiger partial charge on any atom is -0.479 e. The van der Waals surface area contributed by atoms with E-state index in [0.29, 0.717) is 11.7 Å². The molecule has 0 aliphatic carbocycles. The quantitative estimate of drug-likeness (QED) is 0.771. The van der Waals surface area contributed by atoms with E-state index in [4.69, 9.17) is 16.3 Å². The molecule has 0 radical (unpaired) electrons. The summed E-state index contributed by atoms with van der Waals surface area (Å²) in [7, 11) is 7.07. The first-order chi connectivity index (χ1) is 6.60. The fourth-order valence-corrected chi connectivity index (χ4v) is 1.25. The first kappa shape index (κ1) is 10.8. The summed E-state index contributed by atoms with van der Waals surface area (Å²) in [5.74, 6) is 1.14. The van der Waals surface area contributed by atoms with Gasteiger partial charge in [0.05, 0.1) is 7.11 Å². The Kier molecular flexibility index (Phi) is 3.35. The van der Waals surface area contributed by atoms with Crippen LogP contribution in [0.5, 0.6) is 5.88 Å². The molecule has 5 nitrogen and oxygen atoms in total. The maximum Gasteiger partial charge on any atom is 0.243 e. The number of hydrogen-bond acceptors (Lipinski definition) is 5. The Morgan fingerprint density at radius 3 is 2.43 bits per heavy atom. The van der Waals surface area contributed by atoms with Gasteiger partial charge in [-0.2, -0.15) is 9.97 Å². The number of nitrogens with one attached hydrogen (secondary N) is 1. The van der Waals surface area contributed by atoms with E-state index >= 15 is 0 Å². The summed E-state index contributed by atoms with van der Waals surface area (Å²) in [4.78, 5) is 9.87. The second-order valence-electron chi connectivity index (χ2n) is 2.84. The Morgan fingerprint density at radius 1 is 1.36 bits per heavy atom. The average molecular weight is 217 g/mol. The second kappa shape index (κ2) is 4.32. The Balaban J connectivity index is 3.31. The van der Waals surface area contributed by atoms with E-state index in [9.17, 15) is 0 Å². The Labute approximate surface area is 88.1 Å². The zero-order valence-corrected chi connectivity index (χ0v) is 9.38. The number of nitrogens with zero attached hydrogens (tertiary/aromatic N) is 3. The Hall–Kier alpha value is -1.23. The van der Waals surface area contributed by atoms with Crippen LogP contribution in [-0.2, 0) is 0 Å². The number of halogens is 1. The maximum atomic E-state index is 5.75. The minimum absolute atomic E-state index is 0.171. The van der Waals surface area contributed by atoms with Crippen LogP contribution < -0.4 is 15.0 Å². The van der Waals surface area contributed by atoms with Gasteiger partial charge < -0.3 is 15.0 Å². The molecular formula is C8H13ClN4O. The van der Waals surface area contributed by atoms with Crippen LogP contribution >= 0.6 is 11.6 Å². The van der Waals surface area contributed by atoms with Gasteiger partial charge in [0.2, 0.25) is 11.2 Å². The lowest BCUT2D eigenvalue weighted by Crippen LogP contribution is -2.14. The lowest BCUT2D eigenvalue weighted by Gasteiger charge is -2.17. The molecule has 0 saturated carbocycles. The smallest absolute Gasteiger partial charge is 0.243 e. The number of anilines is 2. The third-order valence-corrected chi connectivity index (χ3v) is 1.87. The monoisotopic (exact) mass is 216 g/mol. The van der Waals surface area contributed by atoms with Crippen molar-refractivity contribution < 1.29 is 4.74 Å². The number of hydrogen-bond donors (Lipinski definition) is 1. The maximum absolute atomic E-state index is 5.75. The lowest BCUT2D eigenvalue weighted by molar-refractivity contribution is 0.399. The molecule has 1 aromatic rings. The predicted octanol–water partition coefficient (Wildman–Crippen LogP) is 1.25. The van der Waals surface area contributed by atoms with Crippen LogP contribution in [0.1, 0.15) is 0 Å². The normalized spacial score (nSPS) is 9.79. The van der Waals surface area contributed by atoms with Gasteiger partial charge in [0.15, 0.2) is 5.82 Å². The van der Waals surface area contributed by atoms with Crippen LogP contribution in [0.3, 0.4) is 0 Å². The van der Waals surface area contributed by atoms with Gasteiger partial charge in [-0.15, -0.1) is 0 Å². The molecule has 0 aliphatic heterocycles. The van der Waals surface area contributed by atoms with Crippen LogP contribution in [0.2, 0.25) is 5.28 Å². The van der Waals surface area contributed by atoms with E-state index < -0.39 is 0 Å². The summed E-state index contributed by atoms with van der Waals surface area (Å²) < 4.78 is 5.08. The van der Waals surface area contributed by atoms with Gasteiger partial charge >= 0.3 is 0 Å². The second-order valence-corrected chi connectivity index (χ2v) is 3.18. The molecular weight excluding hydrogens is 204 g/mol. The fraction of sp³-hybridized carbons (Fsp3) is 0.500. The van der Waals surface area contributed by atoms with Crippen LogP contribution in [0.4, 0.5) is 11.5 Å². The summed E-state index contributed by atoms with van der Waals surface area (Å²) in [6.45, 7) is 0. The zero-order chi connectivity index (χ0) is 10.7. The van der Waals surface area contributed by atoms with Crippen molar-refractivity contribution in [2.75, 3.05) is 38.5 Å². The highest BCUT2D eigenvalue weighted by molar-refractivity contribution is 6.28. The van der Waals surface area contributed by atoms with Crippen molar-refractivity contribution in [2.45, 2.75) is 0 Å². The zero-order valence-electron chi connectivity index (χ0n) is 8.63. The molecule has 0 atom stereocenters. The molecule has 1 N–H and O–H groups in total. The van der Waals surface area contributed by atoms with Gasteiger partial charge in [-0.05, 0) is 11.6 Å². The molecule has 0 saturated heterocycles. The Bertz CT molecular complexity index is 329. The number of ether oxygens (including phenoxy) is 1. The molecule has 14 heavy (non-hydrogen) atoms. The molecule has 78 valence electrons. The summed E-state index contributed by atoms with van der Waals surface area (Å²) in [5, 5.41) is 3.14. The van der Waals surface area contributed by atoms with Gasteiger partial charge in [-0.25, -0.2) is 0 Å². The molecule has 0 unspecified atom stereocenters.